The molecular formula is C24H17Br2N3O3. The minimum absolute atomic E-state index is 0.321. The van der Waals surface area contributed by atoms with Gasteiger partial charge < -0.3 is 10.1 Å². The second-order valence-electron chi connectivity index (χ2n) is 7.02. The SMILES string of the molecule is Cc1cc(Br)c(NC(=O)COC(=O)c2cc(-c3ccccn3)nc3ccccc23)c(Br)c1. The number of aryl methyl sites for hydroxylation is 1. The molecule has 0 bridgehead atoms. The van der Waals surface area contributed by atoms with E-state index in [1.54, 1.807) is 18.3 Å². The molecule has 1 amide bonds. The first-order valence-corrected chi connectivity index (χ1v) is 11.2. The molecule has 160 valence electrons. The molecule has 4 rings (SSSR count). The lowest BCUT2D eigenvalue weighted by Crippen LogP contribution is -2.21. The number of nitrogens with one attached hydrogen (secondary N) is 1. The summed E-state index contributed by atoms with van der Waals surface area (Å²) in [4.78, 5) is 34.3. The van der Waals surface area contributed by atoms with E-state index in [1.807, 2.05) is 55.5 Å². The van der Waals surface area contributed by atoms with E-state index >= 15 is 0 Å². The Morgan fingerprint density at radius 2 is 1.69 bits per heavy atom. The molecule has 0 aliphatic carbocycles. The van der Waals surface area contributed by atoms with Crippen molar-refractivity contribution in [2.24, 2.45) is 0 Å². The lowest BCUT2D eigenvalue weighted by molar-refractivity contribution is -0.119. The molecule has 0 atom stereocenters. The smallest absolute Gasteiger partial charge is 0.339 e. The number of anilines is 1. The highest BCUT2D eigenvalue weighted by Gasteiger charge is 2.18. The largest absolute Gasteiger partial charge is 0.452 e. The summed E-state index contributed by atoms with van der Waals surface area (Å²) in [6.07, 6.45) is 1.66. The molecule has 0 spiro atoms. The fourth-order valence-corrected chi connectivity index (χ4v) is 4.81. The van der Waals surface area contributed by atoms with E-state index in [0.717, 1.165) is 14.5 Å². The number of amides is 1. The third-order valence-electron chi connectivity index (χ3n) is 4.65. The van der Waals surface area contributed by atoms with Crippen molar-refractivity contribution in [3.05, 3.63) is 86.9 Å². The van der Waals surface area contributed by atoms with Gasteiger partial charge in [0, 0.05) is 20.5 Å². The van der Waals surface area contributed by atoms with Gasteiger partial charge in [0.05, 0.1) is 28.2 Å². The molecule has 1 N–H and O–H groups in total. The Labute approximate surface area is 201 Å². The normalized spacial score (nSPS) is 10.7. The number of carbonyl (C=O) groups is 2. The quantitative estimate of drug-likeness (QED) is 0.309. The van der Waals surface area contributed by atoms with Gasteiger partial charge in [-0.1, -0.05) is 24.3 Å². The molecule has 0 saturated carbocycles. The summed E-state index contributed by atoms with van der Waals surface area (Å²) < 4.78 is 6.79. The summed E-state index contributed by atoms with van der Waals surface area (Å²) >= 11 is 6.87. The summed E-state index contributed by atoms with van der Waals surface area (Å²) in [5, 5.41) is 3.40. The number of esters is 1. The first-order valence-electron chi connectivity index (χ1n) is 9.66. The van der Waals surface area contributed by atoms with Gasteiger partial charge in [0.2, 0.25) is 0 Å². The Hall–Kier alpha value is -3.10. The van der Waals surface area contributed by atoms with Crippen LogP contribution in [0.3, 0.4) is 0 Å². The highest BCUT2D eigenvalue weighted by atomic mass is 79.9. The molecule has 0 aliphatic rings. The number of halogens is 2. The number of rotatable bonds is 5. The number of hydrogen-bond donors (Lipinski definition) is 1. The number of pyridine rings is 2. The molecule has 0 unspecified atom stereocenters. The van der Waals surface area contributed by atoms with E-state index in [2.05, 4.69) is 47.1 Å². The maximum absolute atomic E-state index is 12.9. The Morgan fingerprint density at radius 3 is 2.41 bits per heavy atom. The molecule has 32 heavy (non-hydrogen) atoms. The maximum Gasteiger partial charge on any atom is 0.339 e. The van der Waals surface area contributed by atoms with Gasteiger partial charge in [-0.25, -0.2) is 9.78 Å². The molecule has 4 aromatic rings. The fraction of sp³-hybridized carbons (Fsp3) is 0.0833. The van der Waals surface area contributed by atoms with Crippen LogP contribution < -0.4 is 5.32 Å². The summed E-state index contributed by atoms with van der Waals surface area (Å²) in [7, 11) is 0. The zero-order chi connectivity index (χ0) is 22.7. The summed E-state index contributed by atoms with van der Waals surface area (Å²) in [6.45, 7) is 1.52. The molecule has 0 aliphatic heterocycles. The first-order chi connectivity index (χ1) is 15.4. The molecule has 6 nitrogen and oxygen atoms in total. The van der Waals surface area contributed by atoms with Gasteiger partial charge in [0.1, 0.15) is 0 Å². The van der Waals surface area contributed by atoms with Crippen LogP contribution >= 0.6 is 31.9 Å². The first kappa shape index (κ1) is 22.1. The predicted octanol–water partition coefficient (Wildman–Crippen LogP) is 5.93. The van der Waals surface area contributed by atoms with E-state index in [0.29, 0.717) is 33.5 Å². The molecule has 2 aromatic heterocycles. The van der Waals surface area contributed by atoms with Crippen molar-refractivity contribution in [2.45, 2.75) is 6.92 Å². The molecule has 0 radical (unpaired) electrons. The lowest BCUT2D eigenvalue weighted by atomic mass is 10.1. The van der Waals surface area contributed by atoms with Crippen molar-refractivity contribution in [1.82, 2.24) is 9.97 Å². The monoisotopic (exact) mass is 553 g/mol. The molecule has 2 heterocycles. The lowest BCUT2D eigenvalue weighted by Gasteiger charge is -2.12. The van der Waals surface area contributed by atoms with Gasteiger partial charge in [0.15, 0.2) is 6.61 Å². The van der Waals surface area contributed by atoms with Gasteiger partial charge in [-0.15, -0.1) is 0 Å². The van der Waals surface area contributed by atoms with Crippen LogP contribution in [-0.4, -0.2) is 28.5 Å². The predicted molar refractivity (Wildman–Crippen MR) is 130 cm³/mol. The maximum atomic E-state index is 12.9. The number of aromatic nitrogens is 2. The number of fused-ring (bicyclic) bond motifs is 1. The van der Waals surface area contributed by atoms with Crippen molar-refractivity contribution < 1.29 is 14.3 Å². The van der Waals surface area contributed by atoms with Crippen molar-refractivity contribution in [3.8, 4) is 11.4 Å². The van der Waals surface area contributed by atoms with Crippen LogP contribution in [0.15, 0.2) is 75.8 Å². The van der Waals surface area contributed by atoms with Crippen molar-refractivity contribution in [2.75, 3.05) is 11.9 Å². The van der Waals surface area contributed by atoms with Gasteiger partial charge >= 0.3 is 5.97 Å². The van der Waals surface area contributed by atoms with E-state index < -0.39 is 18.5 Å². The zero-order valence-electron chi connectivity index (χ0n) is 16.9. The van der Waals surface area contributed by atoms with Crippen molar-refractivity contribution in [1.29, 1.82) is 0 Å². The van der Waals surface area contributed by atoms with Crippen LogP contribution in [0.25, 0.3) is 22.3 Å². The Bertz CT molecular complexity index is 1300. The Balaban J connectivity index is 1.56. The van der Waals surface area contributed by atoms with Crippen molar-refractivity contribution >= 4 is 60.3 Å². The number of nitrogens with zero attached hydrogens (tertiary/aromatic N) is 2. The molecule has 0 fully saturated rings. The summed E-state index contributed by atoms with van der Waals surface area (Å²) in [6, 6.07) is 18.2. The van der Waals surface area contributed by atoms with Crippen LogP contribution in [0.5, 0.6) is 0 Å². The topological polar surface area (TPSA) is 81.2 Å². The van der Waals surface area contributed by atoms with Gasteiger partial charge in [0.25, 0.3) is 5.91 Å². The van der Waals surface area contributed by atoms with Crippen LogP contribution in [0.2, 0.25) is 0 Å². The summed E-state index contributed by atoms with van der Waals surface area (Å²) in [5.74, 6) is -1.06. The van der Waals surface area contributed by atoms with Crippen LogP contribution in [0.4, 0.5) is 5.69 Å². The van der Waals surface area contributed by atoms with Crippen LogP contribution in [0, 0.1) is 6.92 Å². The third-order valence-corrected chi connectivity index (χ3v) is 5.90. The van der Waals surface area contributed by atoms with Crippen molar-refractivity contribution in [3.63, 3.8) is 0 Å². The number of ether oxygens (including phenoxy) is 1. The van der Waals surface area contributed by atoms with E-state index in [-0.39, 0.29) is 0 Å². The average molecular weight is 555 g/mol. The van der Waals surface area contributed by atoms with Crippen LogP contribution in [-0.2, 0) is 9.53 Å². The van der Waals surface area contributed by atoms with E-state index in [4.69, 9.17) is 4.74 Å². The average Bonchev–Trinajstić information content (AvgIpc) is 2.79. The Kier molecular flexibility index (Phi) is 6.62. The standard InChI is InChI=1S/C24H17Br2N3O3/c1-14-10-17(25)23(18(26)11-14)29-22(30)13-32-24(31)16-12-21(20-8-4-5-9-27-20)28-19-7-3-2-6-15(16)19/h2-12H,13H2,1H3,(H,29,30). The number of carbonyl (C=O) groups excluding carboxylic acids is 2. The van der Waals surface area contributed by atoms with Gasteiger partial charge in [-0.05, 0) is 80.7 Å². The number of para-hydroxylation sites is 1. The number of benzene rings is 2. The van der Waals surface area contributed by atoms with Gasteiger partial charge in [-0.3, -0.25) is 9.78 Å². The summed E-state index contributed by atoms with van der Waals surface area (Å²) in [5.41, 5.74) is 3.75. The molecule has 0 saturated heterocycles. The molecule has 2 aromatic carbocycles. The highest BCUT2D eigenvalue weighted by molar-refractivity contribution is 9.11. The van der Waals surface area contributed by atoms with Crippen LogP contribution in [0.1, 0.15) is 15.9 Å². The molecular weight excluding hydrogens is 538 g/mol. The van der Waals surface area contributed by atoms with E-state index in [1.165, 1.54) is 0 Å². The minimum Gasteiger partial charge on any atom is -0.452 e. The third kappa shape index (κ3) is 4.87. The molecule has 8 heteroatoms. The minimum atomic E-state index is -0.613. The highest BCUT2D eigenvalue weighted by Crippen LogP contribution is 2.32. The fourth-order valence-electron chi connectivity index (χ4n) is 3.19. The Morgan fingerprint density at radius 1 is 0.969 bits per heavy atom. The second kappa shape index (κ2) is 9.58. The second-order valence-corrected chi connectivity index (χ2v) is 8.72. The zero-order valence-corrected chi connectivity index (χ0v) is 20.1. The van der Waals surface area contributed by atoms with E-state index in [9.17, 15) is 9.59 Å². The van der Waals surface area contributed by atoms with Gasteiger partial charge in [-0.2, -0.15) is 0 Å². The number of hydrogen-bond acceptors (Lipinski definition) is 5.